The number of nitrogens with zero attached hydrogens (tertiary/aromatic N) is 3. The molecule has 1 aromatic heterocycles. The zero-order valence-corrected chi connectivity index (χ0v) is 20.5. The largest absolute Gasteiger partial charge is 0.493 e. The van der Waals surface area contributed by atoms with Crippen LogP contribution in [0.25, 0.3) is 10.9 Å². The van der Waals surface area contributed by atoms with Crippen molar-refractivity contribution in [2.45, 2.75) is 20.8 Å². The van der Waals surface area contributed by atoms with Crippen molar-refractivity contribution in [1.29, 1.82) is 0 Å². The van der Waals surface area contributed by atoms with Gasteiger partial charge in [0.25, 0.3) is 0 Å². The Morgan fingerprint density at radius 3 is 2.54 bits per heavy atom. The normalized spacial score (nSPS) is 11.9. The SMILES string of the molecule is COc1cc(C=NNC(=Nc2ccc(C)cc2)c2ccc3ccccc3n2)ccc1OCC(C)C. The van der Waals surface area contributed by atoms with Crippen molar-refractivity contribution in [2.75, 3.05) is 13.7 Å². The van der Waals surface area contributed by atoms with Gasteiger partial charge in [0.05, 0.1) is 31.1 Å². The number of para-hydroxylation sites is 1. The molecule has 35 heavy (non-hydrogen) atoms. The first-order valence-corrected chi connectivity index (χ1v) is 11.6. The number of ether oxygens (including phenoxy) is 2. The average Bonchev–Trinajstić information content (AvgIpc) is 2.88. The number of nitrogens with one attached hydrogen (secondary N) is 1. The molecular weight excluding hydrogens is 436 g/mol. The van der Waals surface area contributed by atoms with E-state index in [0.29, 0.717) is 35.6 Å². The van der Waals surface area contributed by atoms with Gasteiger partial charge in [0.1, 0.15) is 5.69 Å². The Hall–Kier alpha value is -4.19. The molecule has 0 fully saturated rings. The molecule has 6 nitrogen and oxygen atoms in total. The van der Waals surface area contributed by atoms with Crippen LogP contribution in [0.1, 0.15) is 30.7 Å². The van der Waals surface area contributed by atoms with Crippen LogP contribution >= 0.6 is 0 Å². The number of aryl methyl sites for hydroxylation is 1. The first kappa shape index (κ1) is 24.0. The predicted octanol–water partition coefficient (Wildman–Crippen LogP) is 6.29. The second-order valence-electron chi connectivity index (χ2n) is 8.67. The molecule has 0 unspecified atom stereocenters. The van der Waals surface area contributed by atoms with E-state index < -0.39 is 0 Å². The van der Waals surface area contributed by atoms with Crippen molar-refractivity contribution in [1.82, 2.24) is 10.4 Å². The van der Waals surface area contributed by atoms with Crippen molar-refractivity contribution in [3.8, 4) is 11.5 Å². The number of hydrogen-bond donors (Lipinski definition) is 1. The number of methoxy groups -OCH3 is 1. The van der Waals surface area contributed by atoms with Gasteiger partial charge >= 0.3 is 0 Å². The third-order valence-electron chi connectivity index (χ3n) is 5.26. The van der Waals surface area contributed by atoms with Gasteiger partial charge in [0.15, 0.2) is 17.3 Å². The molecule has 0 spiro atoms. The first-order valence-electron chi connectivity index (χ1n) is 11.6. The van der Waals surface area contributed by atoms with Gasteiger partial charge in [0, 0.05) is 5.39 Å². The highest BCUT2D eigenvalue weighted by molar-refractivity contribution is 6.00. The summed E-state index contributed by atoms with van der Waals surface area (Å²) < 4.78 is 11.3. The summed E-state index contributed by atoms with van der Waals surface area (Å²) in [6.45, 7) is 6.90. The molecule has 0 aliphatic carbocycles. The van der Waals surface area contributed by atoms with Crippen molar-refractivity contribution in [3.05, 3.63) is 95.7 Å². The lowest BCUT2D eigenvalue weighted by atomic mass is 10.2. The number of benzene rings is 3. The molecule has 0 aliphatic heterocycles. The smallest absolute Gasteiger partial charge is 0.173 e. The van der Waals surface area contributed by atoms with Crippen molar-refractivity contribution >= 4 is 28.6 Å². The molecule has 0 atom stereocenters. The van der Waals surface area contributed by atoms with Crippen LogP contribution < -0.4 is 14.9 Å². The number of fused-ring (bicyclic) bond motifs is 1. The fourth-order valence-corrected chi connectivity index (χ4v) is 3.39. The quantitative estimate of drug-likeness (QED) is 0.188. The van der Waals surface area contributed by atoms with E-state index in [1.165, 1.54) is 5.56 Å². The van der Waals surface area contributed by atoms with E-state index in [2.05, 4.69) is 31.3 Å². The third-order valence-corrected chi connectivity index (χ3v) is 5.26. The summed E-state index contributed by atoms with van der Waals surface area (Å²) in [5.41, 5.74) is 7.55. The highest BCUT2D eigenvalue weighted by Crippen LogP contribution is 2.28. The van der Waals surface area contributed by atoms with Gasteiger partial charge in [-0.25, -0.2) is 9.98 Å². The van der Waals surface area contributed by atoms with Crippen LogP contribution in [0.4, 0.5) is 5.69 Å². The van der Waals surface area contributed by atoms with Gasteiger partial charge < -0.3 is 9.47 Å². The molecule has 0 bridgehead atoms. The van der Waals surface area contributed by atoms with Crippen LogP contribution in [0.5, 0.6) is 11.5 Å². The van der Waals surface area contributed by atoms with E-state index in [1.54, 1.807) is 13.3 Å². The molecule has 0 saturated heterocycles. The highest BCUT2D eigenvalue weighted by Gasteiger charge is 2.08. The number of aliphatic imine (C=N–C) groups is 1. The van der Waals surface area contributed by atoms with E-state index >= 15 is 0 Å². The van der Waals surface area contributed by atoms with Crippen molar-refractivity contribution in [2.24, 2.45) is 16.0 Å². The number of hydrogen-bond acceptors (Lipinski definition) is 5. The van der Waals surface area contributed by atoms with Crippen LogP contribution in [-0.4, -0.2) is 30.8 Å². The lowest BCUT2D eigenvalue weighted by Gasteiger charge is -2.12. The Balaban J connectivity index is 1.60. The van der Waals surface area contributed by atoms with Crippen molar-refractivity contribution < 1.29 is 9.47 Å². The fourth-order valence-electron chi connectivity index (χ4n) is 3.39. The Bertz CT molecular complexity index is 1340. The van der Waals surface area contributed by atoms with Gasteiger partial charge in [-0.1, -0.05) is 55.8 Å². The maximum atomic E-state index is 5.84. The minimum Gasteiger partial charge on any atom is -0.493 e. The number of amidine groups is 1. The van der Waals surface area contributed by atoms with Crippen molar-refractivity contribution in [3.63, 3.8) is 0 Å². The minimum atomic E-state index is 0.431. The van der Waals surface area contributed by atoms with E-state index in [-0.39, 0.29) is 0 Å². The summed E-state index contributed by atoms with van der Waals surface area (Å²) >= 11 is 0. The van der Waals surface area contributed by atoms with E-state index in [9.17, 15) is 0 Å². The Morgan fingerprint density at radius 2 is 1.77 bits per heavy atom. The first-order chi connectivity index (χ1) is 17.0. The molecule has 1 N–H and O–H groups in total. The summed E-state index contributed by atoms with van der Waals surface area (Å²) in [5, 5.41) is 5.52. The van der Waals surface area contributed by atoms with Crippen LogP contribution in [0.3, 0.4) is 0 Å². The molecule has 0 aliphatic rings. The molecule has 1 heterocycles. The molecule has 0 radical (unpaired) electrons. The van der Waals surface area contributed by atoms with Gasteiger partial charge in [-0.05, 0) is 60.9 Å². The molecule has 4 rings (SSSR count). The topological polar surface area (TPSA) is 68.1 Å². The van der Waals surface area contributed by atoms with Gasteiger partial charge in [-0.15, -0.1) is 0 Å². The molecule has 6 heteroatoms. The summed E-state index contributed by atoms with van der Waals surface area (Å²) in [6.07, 6.45) is 1.72. The Labute approximate surface area is 206 Å². The lowest BCUT2D eigenvalue weighted by Crippen LogP contribution is -2.20. The van der Waals surface area contributed by atoms with E-state index in [4.69, 9.17) is 19.5 Å². The fraction of sp³-hybridized carbons (Fsp3) is 0.207. The standard InChI is InChI=1S/C29H30N4O2/c1-20(2)19-35-27-16-11-22(17-28(27)34-4)18-30-33-29(31-24-13-9-21(3)10-14-24)26-15-12-23-7-5-6-8-25(23)32-26/h5-18,20H,19H2,1-4H3,(H,31,33). The summed E-state index contributed by atoms with van der Waals surface area (Å²) in [5.74, 6) is 2.37. The Kier molecular flexibility index (Phi) is 7.73. The molecule has 3 aromatic carbocycles. The van der Waals surface area contributed by atoms with Crippen LogP contribution in [0.2, 0.25) is 0 Å². The van der Waals surface area contributed by atoms with Crippen LogP contribution in [0, 0.1) is 12.8 Å². The monoisotopic (exact) mass is 466 g/mol. The van der Waals surface area contributed by atoms with E-state index in [1.807, 2.05) is 78.9 Å². The molecule has 0 amide bonds. The second kappa shape index (κ2) is 11.3. The van der Waals surface area contributed by atoms with Crippen LogP contribution in [0.15, 0.2) is 89.0 Å². The third kappa shape index (κ3) is 6.44. The number of rotatable bonds is 8. The number of pyridine rings is 1. The predicted molar refractivity (Wildman–Crippen MR) is 143 cm³/mol. The summed E-state index contributed by atoms with van der Waals surface area (Å²) in [6, 6.07) is 25.7. The van der Waals surface area contributed by atoms with Gasteiger partial charge in [-0.2, -0.15) is 5.10 Å². The summed E-state index contributed by atoms with van der Waals surface area (Å²) in [7, 11) is 1.63. The Morgan fingerprint density at radius 1 is 0.971 bits per heavy atom. The average molecular weight is 467 g/mol. The second-order valence-corrected chi connectivity index (χ2v) is 8.67. The number of aromatic nitrogens is 1. The molecular formula is C29H30N4O2. The molecule has 178 valence electrons. The maximum Gasteiger partial charge on any atom is 0.173 e. The van der Waals surface area contributed by atoms with Gasteiger partial charge in [-0.3, -0.25) is 5.43 Å². The number of hydrazone groups is 1. The zero-order valence-electron chi connectivity index (χ0n) is 20.5. The lowest BCUT2D eigenvalue weighted by molar-refractivity contribution is 0.257. The maximum absolute atomic E-state index is 5.84. The van der Waals surface area contributed by atoms with Crippen LogP contribution in [-0.2, 0) is 0 Å². The van der Waals surface area contributed by atoms with Gasteiger partial charge in [0.2, 0.25) is 0 Å². The molecule has 4 aromatic rings. The summed E-state index contributed by atoms with van der Waals surface area (Å²) in [4.78, 5) is 9.57. The highest BCUT2D eigenvalue weighted by atomic mass is 16.5. The zero-order chi connectivity index (χ0) is 24.6. The van der Waals surface area contributed by atoms with E-state index in [0.717, 1.165) is 22.2 Å². The molecule has 0 saturated carbocycles. The minimum absolute atomic E-state index is 0.431.